The van der Waals surface area contributed by atoms with Gasteiger partial charge in [-0.3, -0.25) is 0 Å². The van der Waals surface area contributed by atoms with Gasteiger partial charge in [-0.1, -0.05) is 0 Å². The molecule has 0 spiro atoms. The fourth-order valence-electron chi connectivity index (χ4n) is 1.02. The van der Waals surface area contributed by atoms with Gasteiger partial charge < -0.3 is 5.11 Å². The quantitative estimate of drug-likeness (QED) is 0.805. The second-order valence-electron chi connectivity index (χ2n) is 2.54. The Hall–Kier alpha value is -1.09. The fraction of sp³-hybridized carbons (Fsp3) is 0.111. The molecule has 0 saturated carbocycles. The molecule has 0 aliphatic rings. The molecule has 0 heterocycles. The average Bonchev–Trinajstić information content (AvgIpc) is 2.08. The lowest BCUT2D eigenvalue weighted by Crippen LogP contribution is -2.02. The first-order chi connectivity index (χ1) is 6.06. The third-order valence-electron chi connectivity index (χ3n) is 1.72. The van der Waals surface area contributed by atoms with Crippen LogP contribution in [0.3, 0.4) is 0 Å². The van der Waals surface area contributed by atoms with Gasteiger partial charge in [-0.2, -0.15) is 5.26 Å². The maximum Gasteiger partial charge on any atom is 0.336 e. The van der Waals surface area contributed by atoms with E-state index in [0.717, 1.165) is 3.57 Å². The predicted octanol–water partition coefficient (Wildman–Crippen LogP) is 2.17. The molecule has 0 aromatic heterocycles. The van der Waals surface area contributed by atoms with Crippen LogP contribution in [0.25, 0.3) is 0 Å². The van der Waals surface area contributed by atoms with Crippen LogP contribution in [0.2, 0.25) is 0 Å². The number of hydrogen-bond acceptors (Lipinski definition) is 2. The molecule has 13 heavy (non-hydrogen) atoms. The van der Waals surface area contributed by atoms with Crippen LogP contribution in [0.1, 0.15) is 21.5 Å². The molecule has 0 fully saturated rings. The van der Waals surface area contributed by atoms with Crippen molar-refractivity contribution in [3.63, 3.8) is 0 Å². The molecule has 1 aromatic rings. The van der Waals surface area contributed by atoms with Crippen molar-refractivity contribution in [2.75, 3.05) is 0 Å². The van der Waals surface area contributed by atoms with Crippen molar-refractivity contribution in [1.29, 1.82) is 5.26 Å². The zero-order chi connectivity index (χ0) is 10.0. The van der Waals surface area contributed by atoms with Crippen LogP contribution in [0, 0.1) is 21.8 Å². The van der Waals surface area contributed by atoms with Crippen molar-refractivity contribution in [3.05, 3.63) is 32.4 Å². The van der Waals surface area contributed by atoms with Crippen molar-refractivity contribution < 1.29 is 9.90 Å². The molecule has 0 bridgehead atoms. The third kappa shape index (κ3) is 1.98. The van der Waals surface area contributed by atoms with Crippen LogP contribution < -0.4 is 0 Å². The van der Waals surface area contributed by atoms with Crippen LogP contribution in [0.4, 0.5) is 0 Å². The maximum atomic E-state index is 10.7. The van der Waals surface area contributed by atoms with Crippen molar-refractivity contribution in [2.45, 2.75) is 6.92 Å². The van der Waals surface area contributed by atoms with E-state index in [0.29, 0.717) is 11.1 Å². The first-order valence-corrected chi connectivity index (χ1v) is 4.57. The number of carbonyl (C=O) groups is 1. The van der Waals surface area contributed by atoms with Gasteiger partial charge in [0, 0.05) is 3.57 Å². The summed E-state index contributed by atoms with van der Waals surface area (Å²) in [6.45, 7) is 1.64. The molecular weight excluding hydrogens is 281 g/mol. The Morgan fingerprint density at radius 3 is 2.69 bits per heavy atom. The number of nitrogens with zero attached hydrogens (tertiary/aromatic N) is 1. The molecule has 0 atom stereocenters. The molecule has 1 aromatic carbocycles. The zero-order valence-electron chi connectivity index (χ0n) is 6.84. The lowest BCUT2D eigenvalue weighted by atomic mass is 10.0. The molecule has 0 saturated heterocycles. The average molecular weight is 287 g/mol. The first kappa shape index (κ1) is 9.99. The van der Waals surface area contributed by atoms with Crippen LogP contribution in [-0.2, 0) is 0 Å². The molecule has 4 heteroatoms. The van der Waals surface area contributed by atoms with Gasteiger partial charge in [-0.15, -0.1) is 0 Å². The fourth-order valence-corrected chi connectivity index (χ4v) is 1.64. The first-order valence-electron chi connectivity index (χ1n) is 3.50. The van der Waals surface area contributed by atoms with Gasteiger partial charge in [0.2, 0.25) is 0 Å². The standard InChI is InChI=1S/C9H6INO2/c1-5-6(4-11)2-7(10)3-8(5)9(12)13/h2-3H,1H3,(H,12,13). The van der Waals surface area contributed by atoms with Gasteiger partial charge in [0.05, 0.1) is 17.2 Å². The van der Waals surface area contributed by atoms with E-state index < -0.39 is 5.97 Å². The highest BCUT2D eigenvalue weighted by molar-refractivity contribution is 14.1. The van der Waals surface area contributed by atoms with Crippen LogP contribution >= 0.6 is 22.6 Å². The molecule has 1 rings (SSSR count). The maximum absolute atomic E-state index is 10.7. The monoisotopic (exact) mass is 287 g/mol. The van der Waals surface area contributed by atoms with Gasteiger partial charge in [-0.05, 0) is 47.2 Å². The summed E-state index contributed by atoms with van der Waals surface area (Å²) in [6.07, 6.45) is 0. The number of carboxylic acid groups (broad SMARTS) is 1. The molecule has 0 amide bonds. The van der Waals surface area contributed by atoms with Gasteiger partial charge in [0.25, 0.3) is 0 Å². The minimum Gasteiger partial charge on any atom is -0.478 e. The predicted molar refractivity (Wildman–Crippen MR) is 55.6 cm³/mol. The Morgan fingerprint density at radius 2 is 2.23 bits per heavy atom. The largest absolute Gasteiger partial charge is 0.478 e. The van der Waals surface area contributed by atoms with Crippen molar-refractivity contribution in [2.24, 2.45) is 0 Å². The molecule has 3 nitrogen and oxygen atoms in total. The van der Waals surface area contributed by atoms with Crippen LogP contribution in [0.15, 0.2) is 12.1 Å². The number of rotatable bonds is 1. The van der Waals surface area contributed by atoms with Crippen LogP contribution in [0.5, 0.6) is 0 Å². The summed E-state index contributed by atoms with van der Waals surface area (Å²) in [7, 11) is 0. The Kier molecular flexibility index (Phi) is 2.88. The van der Waals surface area contributed by atoms with Gasteiger partial charge in [-0.25, -0.2) is 4.79 Å². The Balaban J connectivity index is 3.47. The summed E-state index contributed by atoms with van der Waals surface area (Å²) in [5, 5.41) is 17.5. The van der Waals surface area contributed by atoms with Crippen molar-refractivity contribution >= 4 is 28.6 Å². The van der Waals surface area contributed by atoms with Crippen molar-refractivity contribution in [3.8, 4) is 6.07 Å². The lowest BCUT2D eigenvalue weighted by Gasteiger charge is -2.03. The lowest BCUT2D eigenvalue weighted by molar-refractivity contribution is 0.0696. The normalized spacial score (nSPS) is 9.31. The number of aromatic carboxylic acids is 1. The number of carboxylic acids is 1. The summed E-state index contributed by atoms with van der Waals surface area (Å²) < 4.78 is 0.761. The molecule has 1 N–H and O–H groups in total. The minimum atomic E-state index is -0.993. The molecule has 0 radical (unpaired) electrons. The zero-order valence-corrected chi connectivity index (χ0v) is 8.99. The van der Waals surface area contributed by atoms with E-state index >= 15 is 0 Å². The Morgan fingerprint density at radius 1 is 1.62 bits per heavy atom. The van der Waals surface area contributed by atoms with E-state index in [1.54, 1.807) is 19.1 Å². The number of nitriles is 1. The highest BCUT2D eigenvalue weighted by Crippen LogP contribution is 2.17. The Labute approximate surface area is 89.1 Å². The smallest absolute Gasteiger partial charge is 0.336 e. The van der Waals surface area contributed by atoms with E-state index in [-0.39, 0.29) is 5.56 Å². The summed E-state index contributed by atoms with van der Waals surface area (Å²) >= 11 is 1.99. The van der Waals surface area contributed by atoms with E-state index in [9.17, 15) is 4.79 Å². The van der Waals surface area contributed by atoms with E-state index in [2.05, 4.69) is 0 Å². The highest BCUT2D eigenvalue weighted by atomic mass is 127. The van der Waals surface area contributed by atoms with E-state index in [1.165, 1.54) is 0 Å². The third-order valence-corrected chi connectivity index (χ3v) is 2.35. The molecule has 66 valence electrons. The van der Waals surface area contributed by atoms with Gasteiger partial charge in [0.15, 0.2) is 0 Å². The van der Waals surface area contributed by atoms with Crippen LogP contribution in [-0.4, -0.2) is 11.1 Å². The molecule has 0 aliphatic carbocycles. The van der Waals surface area contributed by atoms with Gasteiger partial charge >= 0.3 is 5.97 Å². The summed E-state index contributed by atoms with van der Waals surface area (Å²) in [5.74, 6) is -0.993. The Bertz CT molecular complexity index is 407. The number of hydrogen-bond donors (Lipinski definition) is 1. The van der Waals surface area contributed by atoms with E-state index in [1.807, 2.05) is 28.7 Å². The number of benzene rings is 1. The topological polar surface area (TPSA) is 61.1 Å². The van der Waals surface area contributed by atoms with E-state index in [4.69, 9.17) is 10.4 Å². The SMILES string of the molecule is Cc1c(C#N)cc(I)cc1C(=O)O. The van der Waals surface area contributed by atoms with Gasteiger partial charge in [0.1, 0.15) is 0 Å². The summed E-state index contributed by atoms with van der Waals surface area (Å²) in [4.78, 5) is 10.7. The van der Waals surface area contributed by atoms with Crippen molar-refractivity contribution in [1.82, 2.24) is 0 Å². The summed E-state index contributed by atoms with van der Waals surface area (Å²) in [6, 6.07) is 5.19. The number of halogens is 1. The molecule has 0 unspecified atom stereocenters. The molecular formula is C9H6INO2. The summed E-state index contributed by atoms with van der Waals surface area (Å²) in [5.41, 5.74) is 1.14. The second kappa shape index (κ2) is 3.75. The molecule has 0 aliphatic heterocycles. The minimum absolute atomic E-state index is 0.198. The second-order valence-corrected chi connectivity index (χ2v) is 3.79. The highest BCUT2D eigenvalue weighted by Gasteiger charge is 2.11.